The summed E-state index contributed by atoms with van der Waals surface area (Å²) in [5.74, 6) is 0. The van der Waals surface area contributed by atoms with Crippen LogP contribution in [0.3, 0.4) is 0 Å². The summed E-state index contributed by atoms with van der Waals surface area (Å²) in [5.41, 5.74) is 1.99. The molecule has 0 saturated carbocycles. The molecule has 5 heteroatoms. The number of hydrogen-bond acceptors (Lipinski definition) is 3. The molecule has 0 spiro atoms. The highest BCUT2D eigenvalue weighted by Gasteiger charge is 2.10. The summed E-state index contributed by atoms with van der Waals surface area (Å²) in [6, 6.07) is 6.14. The van der Waals surface area contributed by atoms with Crippen LogP contribution in [0, 0.1) is 0 Å². The average molecular weight is 286 g/mol. The summed E-state index contributed by atoms with van der Waals surface area (Å²) >= 11 is 7.75. The highest BCUT2D eigenvalue weighted by atomic mass is 35.5. The monoisotopic (exact) mass is 285 g/mol. The SMILES string of the molecule is Clc1cnc2[nH]cc(-c3cc4ccncc4s3)c2c1. The van der Waals surface area contributed by atoms with Crippen LogP contribution in [0.4, 0.5) is 0 Å². The lowest BCUT2D eigenvalue weighted by Gasteiger charge is -1.94. The molecule has 4 rings (SSSR count). The maximum Gasteiger partial charge on any atom is 0.137 e. The summed E-state index contributed by atoms with van der Waals surface area (Å²) < 4.78 is 1.18. The largest absolute Gasteiger partial charge is 0.345 e. The highest BCUT2D eigenvalue weighted by Crippen LogP contribution is 2.36. The van der Waals surface area contributed by atoms with Gasteiger partial charge in [0.05, 0.1) is 9.72 Å². The van der Waals surface area contributed by atoms with Crippen molar-refractivity contribution in [2.24, 2.45) is 0 Å². The fraction of sp³-hybridized carbons (Fsp3) is 0. The minimum absolute atomic E-state index is 0.649. The van der Waals surface area contributed by atoms with Gasteiger partial charge in [0.2, 0.25) is 0 Å². The number of rotatable bonds is 1. The summed E-state index contributed by atoms with van der Waals surface area (Å²) in [7, 11) is 0. The Morgan fingerprint density at radius 1 is 1.21 bits per heavy atom. The molecule has 0 radical (unpaired) electrons. The van der Waals surface area contributed by atoms with E-state index in [1.165, 1.54) is 15.0 Å². The molecule has 0 bridgehead atoms. The fourth-order valence-corrected chi connectivity index (χ4v) is 3.42. The van der Waals surface area contributed by atoms with Crippen LogP contribution in [0.2, 0.25) is 5.02 Å². The minimum Gasteiger partial charge on any atom is -0.345 e. The zero-order chi connectivity index (χ0) is 12.8. The van der Waals surface area contributed by atoms with Gasteiger partial charge in [-0.3, -0.25) is 4.98 Å². The Labute approximate surface area is 117 Å². The maximum atomic E-state index is 6.03. The maximum absolute atomic E-state index is 6.03. The third-order valence-corrected chi connectivity index (χ3v) is 4.41. The van der Waals surface area contributed by atoms with Crippen LogP contribution in [0.15, 0.2) is 43.0 Å². The second-order valence-electron chi connectivity index (χ2n) is 4.28. The first-order chi connectivity index (χ1) is 9.31. The average Bonchev–Trinajstić information content (AvgIpc) is 3.00. The number of pyridine rings is 2. The van der Waals surface area contributed by atoms with E-state index < -0.39 is 0 Å². The second kappa shape index (κ2) is 4.05. The fourth-order valence-electron chi connectivity index (χ4n) is 2.20. The lowest BCUT2D eigenvalue weighted by atomic mass is 10.2. The van der Waals surface area contributed by atoms with Crippen molar-refractivity contribution in [1.29, 1.82) is 0 Å². The van der Waals surface area contributed by atoms with Crippen molar-refractivity contribution in [3.8, 4) is 10.4 Å². The Kier molecular flexibility index (Phi) is 2.33. The zero-order valence-corrected chi connectivity index (χ0v) is 11.3. The number of H-pyrrole nitrogens is 1. The summed E-state index contributed by atoms with van der Waals surface area (Å²) in [4.78, 5) is 12.8. The van der Waals surface area contributed by atoms with Crippen LogP contribution < -0.4 is 0 Å². The minimum atomic E-state index is 0.649. The Morgan fingerprint density at radius 2 is 2.16 bits per heavy atom. The molecule has 0 aliphatic rings. The topological polar surface area (TPSA) is 41.6 Å². The summed E-state index contributed by atoms with van der Waals surface area (Å²) in [6.45, 7) is 0. The van der Waals surface area contributed by atoms with E-state index in [-0.39, 0.29) is 0 Å². The molecule has 0 aliphatic carbocycles. The second-order valence-corrected chi connectivity index (χ2v) is 5.80. The van der Waals surface area contributed by atoms with E-state index in [0.717, 1.165) is 16.6 Å². The van der Waals surface area contributed by atoms with E-state index >= 15 is 0 Å². The number of thiophene rings is 1. The predicted octanol–water partition coefficient (Wildman–Crippen LogP) is 4.49. The highest BCUT2D eigenvalue weighted by molar-refractivity contribution is 7.22. The first-order valence-electron chi connectivity index (χ1n) is 5.78. The summed E-state index contributed by atoms with van der Waals surface area (Å²) in [5, 5.41) is 2.91. The standard InChI is InChI=1S/C14H8ClN3S/c15-9-4-10-11(6-18-14(10)17-5-9)12-3-8-1-2-16-7-13(8)19-12/h1-7H,(H,17,18). The van der Waals surface area contributed by atoms with Crippen LogP contribution in [0.5, 0.6) is 0 Å². The molecule has 0 aromatic carbocycles. The third-order valence-electron chi connectivity index (χ3n) is 3.09. The predicted molar refractivity (Wildman–Crippen MR) is 79.7 cm³/mol. The number of aromatic amines is 1. The van der Waals surface area contributed by atoms with Gasteiger partial charge in [-0.1, -0.05) is 11.6 Å². The van der Waals surface area contributed by atoms with Gasteiger partial charge in [-0.15, -0.1) is 11.3 Å². The molecule has 3 nitrogen and oxygen atoms in total. The van der Waals surface area contributed by atoms with E-state index in [4.69, 9.17) is 11.6 Å². The van der Waals surface area contributed by atoms with Gasteiger partial charge in [0.15, 0.2) is 0 Å². The van der Waals surface area contributed by atoms with Gasteiger partial charge in [0, 0.05) is 40.6 Å². The van der Waals surface area contributed by atoms with E-state index in [1.54, 1.807) is 17.5 Å². The van der Waals surface area contributed by atoms with Crippen molar-refractivity contribution in [2.75, 3.05) is 0 Å². The van der Waals surface area contributed by atoms with Gasteiger partial charge in [0.1, 0.15) is 5.65 Å². The van der Waals surface area contributed by atoms with Crippen molar-refractivity contribution >= 4 is 44.1 Å². The van der Waals surface area contributed by atoms with Crippen molar-refractivity contribution in [2.45, 2.75) is 0 Å². The van der Waals surface area contributed by atoms with Gasteiger partial charge >= 0.3 is 0 Å². The molecule has 4 aromatic rings. The molecule has 0 unspecified atom stereocenters. The van der Waals surface area contributed by atoms with Crippen LogP contribution in [0.1, 0.15) is 0 Å². The zero-order valence-electron chi connectivity index (χ0n) is 9.72. The smallest absolute Gasteiger partial charge is 0.137 e. The van der Waals surface area contributed by atoms with Crippen LogP contribution in [-0.2, 0) is 0 Å². The number of fused-ring (bicyclic) bond motifs is 2. The van der Waals surface area contributed by atoms with Gasteiger partial charge in [0.25, 0.3) is 0 Å². The normalized spacial score (nSPS) is 11.4. The lowest BCUT2D eigenvalue weighted by molar-refractivity contribution is 1.33. The van der Waals surface area contributed by atoms with E-state index in [2.05, 4.69) is 21.0 Å². The summed E-state index contributed by atoms with van der Waals surface area (Å²) in [6.07, 6.45) is 7.33. The number of aromatic nitrogens is 3. The van der Waals surface area contributed by atoms with Crippen LogP contribution >= 0.6 is 22.9 Å². The molecule has 0 saturated heterocycles. The lowest BCUT2D eigenvalue weighted by Crippen LogP contribution is -1.75. The molecule has 0 fully saturated rings. The van der Waals surface area contributed by atoms with Crippen molar-refractivity contribution in [3.05, 3.63) is 48.0 Å². The Hall–Kier alpha value is -1.91. The molecule has 0 amide bonds. The van der Waals surface area contributed by atoms with Crippen LogP contribution in [0.25, 0.3) is 31.6 Å². The Morgan fingerprint density at radius 3 is 3.05 bits per heavy atom. The van der Waals surface area contributed by atoms with Gasteiger partial charge in [-0.25, -0.2) is 4.98 Å². The molecular formula is C14H8ClN3S. The van der Waals surface area contributed by atoms with Gasteiger partial charge < -0.3 is 4.98 Å². The first-order valence-corrected chi connectivity index (χ1v) is 6.97. The Balaban J connectivity index is 2.00. The van der Waals surface area contributed by atoms with E-state index in [1.807, 2.05) is 30.7 Å². The van der Waals surface area contributed by atoms with Gasteiger partial charge in [-0.2, -0.15) is 0 Å². The van der Waals surface area contributed by atoms with Crippen molar-refractivity contribution in [3.63, 3.8) is 0 Å². The van der Waals surface area contributed by atoms with Gasteiger partial charge in [-0.05, 0) is 23.6 Å². The molecule has 0 atom stereocenters. The third kappa shape index (κ3) is 1.72. The first kappa shape index (κ1) is 11.0. The van der Waals surface area contributed by atoms with Crippen molar-refractivity contribution in [1.82, 2.24) is 15.0 Å². The number of hydrogen-bond donors (Lipinski definition) is 1. The molecule has 19 heavy (non-hydrogen) atoms. The Bertz CT molecular complexity index is 861. The number of nitrogens with one attached hydrogen (secondary N) is 1. The molecule has 1 N–H and O–H groups in total. The van der Waals surface area contributed by atoms with Crippen molar-refractivity contribution < 1.29 is 0 Å². The molecule has 0 aliphatic heterocycles. The number of nitrogens with zero attached hydrogens (tertiary/aromatic N) is 2. The van der Waals surface area contributed by atoms with E-state index in [9.17, 15) is 0 Å². The molecule has 4 aromatic heterocycles. The molecule has 92 valence electrons. The van der Waals surface area contributed by atoms with Crippen LogP contribution in [-0.4, -0.2) is 15.0 Å². The number of halogens is 1. The molecular weight excluding hydrogens is 278 g/mol. The van der Waals surface area contributed by atoms with E-state index in [0.29, 0.717) is 5.02 Å². The molecule has 4 heterocycles. The quantitative estimate of drug-likeness (QED) is 0.560.